The molecule has 0 bridgehead atoms. The van der Waals surface area contributed by atoms with E-state index in [1.807, 2.05) is 6.07 Å². The van der Waals surface area contributed by atoms with E-state index in [2.05, 4.69) is 20.8 Å². The molecule has 1 rings (SSSR count). The van der Waals surface area contributed by atoms with Gasteiger partial charge in [-0.3, -0.25) is 4.79 Å². The molecule has 0 saturated carbocycles. The van der Waals surface area contributed by atoms with Crippen LogP contribution in [0.25, 0.3) is 0 Å². The van der Waals surface area contributed by atoms with Crippen molar-refractivity contribution in [2.45, 2.75) is 65.2 Å². The molecule has 2 N–H and O–H groups in total. The van der Waals surface area contributed by atoms with E-state index >= 15 is 0 Å². The lowest BCUT2D eigenvalue weighted by atomic mass is 9.85. The molecular formula is C17H26ClNO. The standard InChI is InChI=1S/C17H26ClNO/c1-4-7-8-9-12(5-2)16-13(6-3)14(17(19)20)10-11-15(16)18/h10-12H,4-9H2,1-3H3,(H2,19,20). The zero-order valence-corrected chi connectivity index (χ0v) is 13.6. The molecule has 0 aromatic heterocycles. The summed E-state index contributed by atoms with van der Waals surface area (Å²) < 4.78 is 0. The monoisotopic (exact) mass is 295 g/mol. The summed E-state index contributed by atoms with van der Waals surface area (Å²) >= 11 is 6.42. The Hall–Kier alpha value is -1.02. The zero-order chi connectivity index (χ0) is 15.1. The molecule has 1 aromatic rings. The number of hydrogen-bond acceptors (Lipinski definition) is 1. The molecule has 0 aliphatic heterocycles. The number of unbranched alkanes of at least 4 members (excludes halogenated alkanes) is 2. The van der Waals surface area contributed by atoms with Crippen molar-refractivity contribution in [1.82, 2.24) is 0 Å². The Labute approximate surface area is 127 Å². The van der Waals surface area contributed by atoms with Gasteiger partial charge in [0.1, 0.15) is 0 Å². The fraction of sp³-hybridized carbons (Fsp3) is 0.588. The van der Waals surface area contributed by atoms with E-state index in [1.54, 1.807) is 6.07 Å². The second-order valence-electron chi connectivity index (χ2n) is 5.31. The highest BCUT2D eigenvalue weighted by Crippen LogP contribution is 2.36. The minimum Gasteiger partial charge on any atom is -0.366 e. The fourth-order valence-electron chi connectivity index (χ4n) is 2.88. The number of rotatable bonds is 8. The van der Waals surface area contributed by atoms with Crippen molar-refractivity contribution in [2.24, 2.45) is 5.73 Å². The number of nitrogens with two attached hydrogens (primary N) is 1. The highest BCUT2D eigenvalue weighted by atomic mass is 35.5. The summed E-state index contributed by atoms with van der Waals surface area (Å²) in [6.45, 7) is 6.45. The summed E-state index contributed by atoms with van der Waals surface area (Å²) in [6.07, 6.45) is 6.61. The second-order valence-corrected chi connectivity index (χ2v) is 5.71. The molecule has 0 aliphatic rings. The third-order valence-electron chi connectivity index (χ3n) is 3.98. The van der Waals surface area contributed by atoms with Crippen LogP contribution in [0.15, 0.2) is 12.1 Å². The van der Waals surface area contributed by atoms with Crippen LogP contribution in [-0.4, -0.2) is 5.91 Å². The number of hydrogen-bond donors (Lipinski definition) is 1. The van der Waals surface area contributed by atoms with Gasteiger partial charge in [0.25, 0.3) is 0 Å². The van der Waals surface area contributed by atoms with Gasteiger partial charge in [-0.1, -0.05) is 51.6 Å². The molecule has 0 aliphatic carbocycles. The zero-order valence-electron chi connectivity index (χ0n) is 12.8. The highest BCUT2D eigenvalue weighted by molar-refractivity contribution is 6.31. The first-order valence-electron chi connectivity index (χ1n) is 7.67. The number of benzene rings is 1. The summed E-state index contributed by atoms with van der Waals surface area (Å²) in [4.78, 5) is 11.6. The Kier molecular flexibility index (Phi) is 7.08. The third kappa shape index (κ3) is 3.99. The van der Waals surface area contributed by atoms with Crippen LogP contribution in [0.3, 0.4) is 0 Å². The molecule has 0 fully saturated rings. The largest absolute Gasteiger partial charge is 0.366 e. The van der Waals surface area contributed by atoms with Crippen LogP contribution in [0.1, 0.15) is 80.3 Å². The normalized spacial score (nSPS) is 12.4. The number of primary amides is 1. The van der Waals surface area contributed by atoms with Crippen molar-refractivity contribution in [3.8, 4) is 0 Å². The second kappa shape index (κ2) is 8.31. The average Bonchev–Trinajstić information content (AvgIpc) is 2.43. The lowest BCUT2D eigenvalue weighted by molar-refractivity contribution is 0.0999. The van der Waals surface area contributed by atoms with Gasteiger partial charge in [-0.25, -0.2) is 0 Å². The number of carbonyl (C=O) groups is 1. The summed E-state index contributed by atoms with van der Waals surface area (Å²) in [5.41, 5.74) is 8.29. The van der Waals surface area contributed by atoms with Gasteiger partial charge < -0.3 is 5.73 Å². The van der Waals surface area contributed by atoms with Crippen LogP contribution in [-0.2, 0) is 6.42 Å². The maximum atomic E-state index is 11.6. The third-order valence-corrected chi connectivity index (χ3v) is 4.31. The molecule has 1 unspecified atom stereocenters. The molecule has 3 heteroatoms. The van der Waals surface area contributed by atoms with Gasteiger partial charge in [0.2, 0.25) is 5.91 Å². The lowest BCUT2D eigenvalue weighted by Gasteiger charge is -2.22. The molecule has 1 atom stereocenters. The molecule has 0 saturated heterocycles. The molecule has 2 nitrogen and oxygen atoms in total. The SMILES string of the molecule is CCCCCC(CC)c1c(Cl)ccc(C(N)=O)c1CC. The van der Waals surface area contributed by atoms with Gasteiger partial charge in [-0.05, 0) is 48.4 Å². The van der Waals surface area contributed by atoms with Crippen molar-refractivity contribution < 1.29 is 4.79 Å². The van der Waals surface area contributed by atoms with Crippen molar-refractivity contribution in [3.63, 3.8) is 0 Å². The Morgan fingerprint density at radius 3 is 2.45 bits per heavy atom. The molecule has 0 radical (unpaired) electrons. The number of carbonyl (C=O) groups excluding carboxylic acids is 1. The van der Waals surface area contributed by atoms with Crippen molar-refractivity contribution in [1.29, 1.82) is 0 Å². The molecule has 0 heterocycles. The van der Waals surface area contributed by atoms with Gasteiger partial charge >= 0.3 is 0 Å². The van der Waals surface area contributed by atoms with E-state index in [-0.39, 0.29) is 5.91 Å². The fourth-order valence-corrected chi connectivity index (χ4v) is 3.21. The first-order chi connectivity index (χ1) is 9.56. The quantitative estimate of drug-likeness (QED) is 0.668. The van der Waals surface area contributed by atoms with E-state index in [0.29, 0.717) is 11.5 Å². The van der Waals surface area contributed by atoms with E-state index in [9.17, 15) is 4.79 Å². The van der Waals surface area contributed by atoms with Crippen LogP contribution >= 0.6 is 11.6 Å². The molecule has 20 heavy (non-hydrogen) atoms. The summed E-state index contributed by atoms with van der Waals surface area (Å²) in [6, 6.07) is 3.57. The Bertz CT molecular complexity index is 457. The van der Waals surface area contributed by atoms with Crippen LogP contribution < -0.4 is 5.73 Å². The van der Waals surface area contributed by atoms with Crippen molar-refractivity contribution >= 4 is 17.5 Å². The minimum atomic E-state index is -0.358. The molecule has 1 amide bonds. The van der Waals surface area contributed by atoms with Gasteiger partial charge in [0.05, 0.1) is 0 Å². The average molecular weight is 296 g/mol. The van der Waals surface area contributed by atoms with Crippen LogP contribution in [0.4, 0.5) is 0 Å². The van der Waals surface area contributed by atoms with Gasteiger partial charge in [0, 0.05) is 10.6 Å². The first-order valence-corrected chi connectivity index (χ1v) is 8.05. The Morgan fingerprint density at radius 2 is 1.95 bits per heavy atom. The van der Waals surface area contributed by atoms with Gasteiger partial charge in [-0.15, -0.1) is 0 Å². The van der Waals surface area contributed by atoms with Gasteiger partial charge in [-0.2, -0.15) is 0 Å². The number of halogens is 1. The molecular weight excluding hydrogens is 270 g/mol. The maximum absolute atomic E-state index is 11.6. The molecule has 1 aromatic carbocycles. The summed E-state index contributed by atoms with van der Waals surface area (Å²) in [7, 11) is 0. The van der Waals surface area contributed by atoms with Crippen LogP contribution in [0, 0.1) is 0 Å². The van der Waals surface area contributed by atoms with E-state index < -0.39 is 0 Å². The van der Waals surface area contributed by atoms with Crippen molar-refractivity contribution in [3.05, 3.63) is 33.8 Å². The maximum Gasteiger partial charge on any atom is 0.248 e. The summed E-state index contributed by atoms with van der Waals surface area (Å²) in [5.74, 6) is 0.0616. The Morgan fingerprint density at radius 1 is 1.25 bits per heavy atom. The van der Waals surface area contributed by atoms with E-state index in [1.165, 1.54) is 19.3 Å². The van der Waals surface area contributed by atoms with E-state index in [4.69, 9.17) is 17.3 Å². The number of amides is 1. The Balaban J connectivity index is 3.18. The van der Waals surface area contributed by atoms with E-state index in [0.717, 1.165) is 35.4 Å². The topological polar surface area (TPSA) is 43.1 Å². The first kappa shape index (κ1) is 17.0. The van der Waals surface area contributed by atoms with Crippen molar-refractivity contribution in [2.75, 3.05) is 0 Å². The highest BCUT2D eigenvalue weighted by Gasteiger charge is 2.20. The van der Waals surface area contributed by atoms with Gasteiger partial charge in [0.15, 0.2) is 0 Å². The predicted octanol–water partition coefficient (Wildman–Crippen LogP) is 5.08. The smallest absolute Gasteiger partial charge is 0.248 e. The van der Waals surface area contributed by atoms with Crippen LogP contribution in [0.2, 0.25) is 5.02 Å². The van der Waals surface area contributed by atoms with Crippen LogP contribution in [0.5, 0.6) is 0 Å². The predicted molar refractivity (Wildman–Crippen MR) is 86.5 cm³/mol. The minimum absolute atomic E-state index is 0.358. The molecule has 0 spiro atoms. The summed E-state index contributed by atoms with van der Waals surface area (Å²) in [5, 5.41) is 0.773. The lowest BCUT2D eigenvalue weighted by Crippen LogP contribution is -2.16. The molecule has 112 valence electrons.